The second kappa shape index (κ2) is 17.1. The molecule has 2 N–H and O–H groups in total. The number of carboxylic acid groups (broad SMARTS) is 1. The lowest BCUT2D eigenvalue weighted by Crippen LogP contribution is -2.68. The number of fused-ring (bicyclic) bond motifs is 1. The van der Waals surface area contributed by atoms with Crippen LogP contribution >= 0.6 is 11.8 Å². The van der Waals surface area contributed by atoms with Crippen molar-refractivity contribution in [1.82, 2.24) is 20.0 Å². The summed E-state index contributed by atoms with van der Waals surface area (Å²) in [6.07, 6.45) is -4.68. The lowest BCUT2D eigenvalue weighted by Gasteiger charge is -2.41. The number of aliphatic imine (C=N–C) groups is 1. The molecule has 308 valence electrons. The minimum Gasteiger partial charge on any atom is -0.465 e. The van der Waals surface area contributed by atoms with Crippen LogP contribution in [0.15, 0.2) is 157 Å². The van der Waals surface area contributed by atoms with E-state index in [1.807, 2.05) is 72.8 Å². The topological polar surface area (TPSA) is 175 Å². The monoisotopic (exact) mass is 837 g/mol. The summed E-state index contributed by atoms with van der Waals surface area (Å²) < 4.78 is 12.4. The van der Waals surface area contributed by atoms with Gasteiger partial charge in [-0.2, -0.15) is 0 Å². The summed E-state index contributed by atoms with van der Waals surface area (Å²) in [5, 5.41) is 11.8. The molecule has 3 fully saturated rings. The van der Waals surface area contributed by atoms with Crippen LogP contribution in [-0.4, -0.2) is 97.9 Å². The first-order valence-corrected chi connectivity index (χ1v) is 20.2. The van der Waals surface area contributed by atoms with Gasteiger partial charge in [0.25, 0.3) is 0 Å². The molecule has 2 unspecified atom stereocenters. The summed E-state index contributed by atoms with van der Waals surface area (Å²) in [4.78, 5) is 88.5. The number of imide groups is 1. The van der Waals surface area contributed by atoms with Gasteiger partial charge in [0.15, 0.2) is 24.3 Å². The third-order valence-corrected chi connectivity index (χ3v) is 12.6. The number of nitrogens with one attached hydrogen (secondary N) is 1. The van der Waals surface area contributed by atoms with Crippen LogP contribution < -0.4 is 5.32 Å². The molecule has 15 heteroatoms. The van der Waals surface area contributed by atoms with Gasteiger partial charge in [0.1, 0.15) is 11.4 Å². The number of carbonyl (C=O) groups is 6. The lowest BCUT2D eigenvalue weighted by molar-refractivity contribution is -0.159. The Morgan fingerprint density at radius 2 is 1.15 bits per heavy atom. The van der Waals surface area contributed by atoms with E-state index in [0.717, 1.165) is 16.7 Å². The van der Waals surface area contributed by atoms with Gasteiger partial charge in [-0.25, -0.2) is 19.3 Å². The van der Waals surface area contributed by atoms with E-state index >= 15 is 0 Å². The maximum atomic E-state index is 14.9. The molecule has 5 aromatic rings. The molecule has 5 amide bonds. The van der Waals surface area contributed by atoms with Crippen LogP contribution in [0.2, 0.25) is 0 Å². The van der Waals surface area contributed by atoms with Gasteiger partial charge >= 0.3 is 24.1 Å². The predicted molar refractivity (Wildman–Crippen MR) is 224 cm³/mol. The summed E-state index contributed by atoms with van der Waals surface area (Å²) in [5.41, 5.74) is 2.92. The van der Waals surface area contributed by atoms with E-state index in [1.165, 1.54) is 4.90 Å². The molecule has 5 aromatic carbocycles. The second-order valence-corrected chi connectivity index (χ2v) is 15.9. The summed E-state index contributed by atoms with van der Waals surface area (Å²) >= 11 is 0.874. The second-order valence-electron chi connectivity index (χ2n) is 14.5. The van der Waals surface area contributed by atoms with Crippen molar-refractivity contribution in [2.45, 2.75) is 40.6 Å². The molecule has 0 spiro atoms. The number of ether oxygens (including phenoxy) is 2. The Bertz CT molecular complexity index is 2370. The summed E-state index contributed by atoms with van der Waals surface area (Å²) in [7, 11) is 0. The SMILES string of the molecule is C=NC1CN([C@]2(C(=O)OC(c3ccccc3)c3ccccc3)CN3C(=O)[C@@H](NC(=O)C(C(=O)OC(c4ccccc4)c4ccccc4)c4ccccc4)[C@H]3S2)C(=O)N1C(=O)O. The number of esters is 2. The molecule has 0 radical (unpaired) electrons. The minimum atomic E-state index is -2.00. The van der Waals surface area contributed by atoms with Crippen molar-refractivity contribution in [2.24, 2.45) is 4.99 Å². The highest BCUT2D eigenvalue weighted by Crippen LogP contribution is 2.51. The number of nitrogens with zero attached hydrogens (tertiary/aromatic N) is 4. The average Bonchev–Trinajstić information content (AvgIpc) is 3.84. The number of thioether (sulfide) groups is 1. The molecule has 61 heavy (non-hydrogen) atoms. The molecule has 0 aliphatic carbocycles. The van der Waals surface area contributed by atoms with Gasteiger partial charge < -0.3 is 24.8 Å². The van der Waals surface area contributed by atoms with Gasteiger partial charge in [0, 0.05) is 0 Å². The van der Waals surface area contributed by atoms with E-state index < -0.39 is 83.0 Å². The molecule has 0 saturated carbocycles. The van der Waals surface area contributed by atoms with Crippen LogP contribution in [-0.2, 0) is 28.7 Å². The van der Waals surface area contributed by atoms with Crippen molar-refractivity contribution >= 4 is 54.4 Å². The first kappa shape index (κ1) is 40.5. The van der Waals surface area contributed by atoms with Crippen LogP contribution in [0.3, 0.4) is 0 Å². The molecule has 14 nitrogen and oxygen atoms in total. The van der Waals surface area contributed by atoms with Crippen LogP contribution in [0.1, 0.15) is 45.9 Å². The van der Waals surface area contributed by atoms with Crippen molar-refractivity contribution < 1.29 is 43.3 Å². The zero-order valence-corrected chi connectivity index (χ0v) is 33.2. The van der Waals surface area contributed by atoms with Crippen LogP contribution in [0.4, 0.5) is 9.59 Å². The number of β-lactam (4-membered cyclic amide) rings is 1. The van der Waals surface area contributed by atoms with Crippen molar-refractivity contribution in [3.8, 4) is 0 Å². The summed E-state index contributed by atoms with van der Waals surface area (Å²) in [5.74, 6) is -4.72. The molecule has 3 saturated heterocycles. The Kier molecular flexibility index (Phi) is 11.4. The fourth-order valence-corrected chi connectivity index (χ4v) is 9.52. The Labute approximate surface area is 354 Å². The Morgan fingerprint density at radius 1 is 0.705 bits per heavy atom. The van der Waals surface area contributed by atoms with Crippen LogP contribution in [0.25, 0.3) is 0 Å². The smallest absolute Gasteiger partial charge is 0.417 e. The highest BCUT2D eigenvalue weighted by molar-refractivity contribution is 8.02. The maximum Gasteiger partial charge on any atom is 0.417 e. The number of carbonyl (C=O) groups excluding carboxylic acids is 5. The standard InChI is InChI=1S/C46H39N5O9S/c1-47-34-27-50(44(56)51(34)45(57)58)46(43(55)60-38(32-23-13-5-14-24-32)33-25-15-6-16-26-33)28-49-40(53)36(41(49)61-46)48-39(52)35(29-17-7-2-8-18-29)42(54)59-37(30-19-9-3-10-20-30)31-21-11-4-12-22-31/h2-26,34-38,41H,1,27-28H2,(H,48,52)(H,57,58)/t34?,35?,36-,41-,46-/m1/s1. The van der Waals surface area contributed by atoms with Gasteiger partial charge in [-0.3, -0.25) is 24.3 Å². The van der Waals surface area contributed by atoms with E-state index in [-0.39, 0.29) is 6.54 Å². The normalized spacial score (nSPS) is 21.1. The molecule has 3 aliphatic rings. The number of urea groups is 1. The van der Waals surface area contributed by atoms with Crippen molar-refractivity contribution in [3.63, 3.8) is 0 Å². The van der Waals surface area contributed by atoms with Gasteiger partial charge in [-0.15, -0.1) is 0 Å². The van der Waals surface area contributed by atoms with E-state index in [2.05, 4.69) is 17.0 Å². The Balaban J connectivity index is 1.10. The van der Waals surface area contributed by atoms with Crippen LogP contribution in [0, 0.1) is 0 Å². The Morgan fingerprint density at radius 3 is 1.57 bits per heavy atom. The van der Waals surface area contributed by atoms with E-state index in [4.69, 9.17) is 9.47 Å². The highest BCUT2D eigenvalue weighted by Gasteiger charge is 2.68. The third-order valence-electron chi connectivity index (χ3n) is 10.9. The number of hydrogen-bond donors (Lipinski definition) is 2. The fourth-order valence-electron chi connectivity index (χ4n) is 7.86. The lowest BCUT2D eigenvalue weighted by atomic mass is 9.96. The summed E-state index contributed by atoms with van der Waals surface area (Å²) in [6.45, 7) is 2.70. The molecular formula is C46H39N5O9S. The summed E-state index contributed by atoms with van der Waals surface area (Å²) in [6, 6.07) is 42.1. The first-order valence-electron chi connectivity index (χ1n) is 19.4. The van der Waals surface area contributed by atoms with Crippen LogP contribution in [0.5, 0.6) is 0 Å². The molecule has 0 aromatic heterocycles. The average molecular weight is 838 g/mol. The highest BCUT2D eigenvalue weighted by atomic mass is 32.2. The van der Waals surface area contributed by atoms with Crippen molar-refractivity contribution in [3.05, 3.63) is 179 Å². The van der Waals surface area contributed by atoms with E-state index in [0.29, 0.717) is 32.7 Å². The molecule has 5 atom stereocenters. The van der Waals surface area contributed by atoms with Gasteiger partial charge in [-0.1, -0.05) is 163 Å². The van der Waals surface area contributed by atoms with Crippen molar-refractivity contribution in [2.75, 3.05) is 13.1 Å². The molecule has 3 heterocycles. The van der Waals surface area contributed by atoms with Crippen molar-refractivity contribution in [1.29, 1.82) is 0 Å². The van der Waals surface area contributed by atoms with Gasteiger partial charge in [0.05, 0.1) is 13.1 Å². The minimum absolute atomic E-state index is 0.317. The van der Waals surface area contributed by atoms with E-state index in [1.54, 1.807) is 78.9 Å². The number of hydrogen-bond acceptors (Lipinski definition) is 10. The zero-order valence-electron chi connectivity index (χ0n) is 32.4. The van der Waals surface area contributed by atoms with E-state index in [9.17, 15) is 33.9 Å². The van der Waals surface area contributed by atoms with Gasteiger partial charge in [-0.05, 0) is 34.5 Å². The molecule has 0 bridgehead atoms. The molecule has 8 rings (SSSR count). The third kappa shape index (κ3) is 7.71. The molecular weight excluding hydrogens is 799 g/mol. The van der Waals surface area contributed by atoms with Gasteiger partial charge in [0.2, 0.25) is 16.7 Å². The quantitative estimate of drug-likeness (QED) is 0.0622. The number of benzene rings is 5. The maximum absolute atomic E-state index is 14.9. The largest absolute Gasteiger partial charge is 0.465 e. The molecule has 3 aliphatic heterocycles. The predicted octanol–water partition coefficient (Wildman–Crippen LogP) is 5.97. The zero-order chi connectivity index (χ0) is 42.7. The number of rotatable bonds is 13. The number of amides is 5. The fraction of sp³-hybridized carbons (Fsp3) is 0.196. The first-order chi connectivity index (χ1) is 29.6. The Hall–Kier alpha value is -7.26.